The quantitative estimate of drug-likeness (QED) is 0.846. The van der Waals surface area contributed by atoms with Gasteiger partial charge in [0.15, 0.2) is 0 Å². The van der Waals surface area contributed by atoms with Gasteiger partial charge in [-0.15, -0.1) is 0 Å². The summed E-state index contributed by atoms with van der Waals surface area (Å²) in [7, 11) is 0. The average Bonchev–Trinajstić information content (AvgIpc) is 2.85. The lowest BCUT2D eigenvalue weighted by molar-refractivity contribution is -0.0114. The summed E-state index contributed by atoms with van der Waals surface area (Å²) in [6.45, 7) is 8.59. The second kappa shape index (κ2) is 6.53. The maximum absolute atomic E-state index is 6.03. The summed E-state index contributed by atoms with van der Waals surface area (Å²) in [6, 6.07) is 9.30. The second-order valence-corrected chi connectivity index (χ2v) is 5.96. The van der Waals surface area contributed by atoms with Crippen LogP contribution in [0.3, 0.4) is 0 Å². The van der Waals surface area contributed by atoms with Gasteiger partial charge >= 0.3 is 0 Å². The molecule has 0 bridgehead atoms. The highest BCUT2D eigenvalue weighted by atomic mass is 16.5. The molecule has 1 aliphatic heterocycles. The lowest BCUT2D eigenvalue weighted by atomic mass is 9.88. The van der Waals surface area contributed by atoms with Crippen LogP contribution in [0.2, 0.25) is 0 Å². The number of ether oxygens (including phenoxy) is 1. The zero-order chi connectivity index (χ0) is 13.7. The summed E-state index contributed by atoms with van der Waals surface area (Å²) in [5.41, 5.74) is 2.72. The highest BCUT2D eigenvalue weighted by Crippen LogP contribution is 2.30. The number of nitrogens with one attached hydrogen (secondary N) is 1. The number of aryl methyl sites for hydroxylation is 1. The third-order valence-corrected chi connectivity index (χ3v) is 4.19. The minimum atomic E-state index is 0.0000556. The van der Waals surface area contributed by atoms with Crippen LogP contribution >= 0.6 is 0 Å². The lowest BCUT2D eigenvalue weighted by Crippen LogP contribution is -2.50. The molecule has 0 saturated carbocycles. The van der Waals surface area contributed by atoms with E-state index in [9.17, 15) is 0 Å². The van der Waals surface area contributed by atoms with Crippen LogP contribution in [-0.4, -0.2) is 24.8 Å². The Morgan fingerprint density at radius 3 is 2.63 bits per heavy atom. The monoisotopic (exact) mass is 261 g/mol. The lowest BCUT2D eigenvalue weighted by Gasteiger charge is -2.34. The first-order valence-corrected chi connectivity index (χ1v) is 7.57. The van der Waals surface area contributed by atoms with E-state index in [0.29, 0.717) is 6.04 Å². The predicted molar refractivity (Wildman–Crippen MR) is 80.6 cm³/mol. The smallest absolute Gasteiger partial charge is 0.0810 e. The van der Waals surface area contributed by atoms with Crippen molar-refractivity contribution in [1.29, 1.82) is 0 Å². The zero-order valence-electron chi connectivity index (χ0n) is 12.5. The van der Waals surface area contributed by atoms with E-state index in [1.165, 1.54) is 30.4 Å². The molecule has 2 atom stereocenters. The van der Waals surface area contributed by atoms with Gasteiger partial charge < -0.3 is 10.1 Å². The molecule has 1 fully saturated rings. The van der Waals surface area contributed by atoms with E-state index in [0.717, 1.165) is 19.6 Å². The molecule has 1 heterocycles. The Balaban J connectivity index is 2.06. The van der Waals surface area contributed by atoms with Crippen molar-refractivity contribution in [2.24, 2.45) is 0 Å². The Labute approximate surface area is 117 Å². The summed E-state index contributed by atoms with van der Waals surface area (Å²) in [4.78, 5) is 0. The molecule has 0 aliphatic carbocycles. The molecule has 1 saturated heterocycles. The Kier molecular flexibility index (Phi) is 5.00. The van der Waals surface area contributed by atoms with Crippen molar-refractivity contribution in [3.8, 4) is 0 Å². The van der Waals surface area contributed by atoms with Gasteiger partial charge in [0, 0.05) is 12.6 Å². The predicted octanol–water partition coefficient (Wildman–Crippen LogP) is 3.47. The first-order chi connectivity index (χ1) is 9.14. The van der Waals surface area contributed by atoms with E-state index >= 15 is 0 Å². The van der Waals surface area contributed by atoms with Gasteiger partial charge in [-0.05, 0) is 51.6 Å². The van der Waals surface area contributed by atoms with Crippen molar-refractivity contribution in [2.45, 2.75) is 58.1 Å². The van der Waals surface area contributed by atoms with Gasteiger partial charge in [-0.25, -0.2) is 0 Å². The highest BCUT2D eigenvalue weighted by molar-refractivity contribution is 5.22. The van der Waals surface area contributed by atoms with E-state index in [2.05, 4.69) is 50.4 Å². The van der Waals surface area contributed by atoms with E-state index in [1.54, 1.807) is 0 Å². The summed E-state index contributed by atoms with van der Waals surface area (Å²) < 4.78 is 6.03. The SMILES string of the molecule is CCCNC(Cc1ccc(C)cc1)C1(C)CCCO1. The standard InChI is InChI=1S/C17H27NO/c1-4-11-18-16(17(3)10-5-12-19-17)13-15-8-6-14(2)7-9-15/h6-9,16,18H,4-5,10-13H2,1-3H3. The van der Waals surface area contributed by atoms with Crippen molar-refractivity contribution < 1.29 is 4.74 Å². The maximum atomic E-state index is 6.03. The minimum absolute atomic E-state index is 0.0000556. The molecule has 19 heavy (non-hydrogen) atoms. The van der Waals surface area contributed by atoms with Crippen LogP contribution in [0, 0.1) is 6.92 Å². The Morgan fingerprint density at radius 2 is 2.05 bits per heavy atom. The number of hydrogen-bond donors (Lipinski definition) is 1. The summed E-state index contributed by atoms with van der Waals surface area (Å²) in [6.07, 6.45) is 4.58. The number of benzene rings is 1. The van der Waals surface area contributed by atoms with E-state index in [-0.39, 0.29) is 5.60 Å². The molecule has 1 aromatic rings. The zero-order valence-corrected chi connectivity index (χ0v) is 12.5. The van der Waals surface area contributed by atoms with Crippen LogP contribution in [0.15, 0.2) is 24.3 Å². The van der Waals surface area contributed by atoms with Gasteiger partial charge in [-0.3, -0.25) is 0 Å². The van der Waals surface area contributed by atoms with Crippen LogP contribution in [0.5, 0.6) is 0 Å². The molecular weight excluding hydrogens is 234 g/mol. The Hall–Kier alpha value is -0.860. The van der Waals surface area contributed by atoms with Gasteiger partial charge in [0.25, 0.3) is 0 Å². The number of hydrogen-bond acceptors (Lipinski definition) is 2. The molecule has 106 valence electrons. The van der Waals surface area contributed by atoms with E-state index in [4.69, 9.17) is 4.74 Å². The van der Waals surface area contributed by atoms with E-state index < -0.39 is 0 Å². The molecule has 0 amide bonds. The van der Waals surface area contributed by atoms with Crippen molar-refractivity contribution in [1.82, 2.24) is 5.32 Å². The van der Waals surface area contributed by atoms with Gasteiger partial charge in [-0.2, -0.15) is 0 Å². The second-order valence-electron chi connectivity index (χ2n) is 5.96. The topological polar surface area (TPSA) is 21.3 Å². The van der Waals surface area contributed by atoms with E-state index in [1.807, 2.05) is 0 Å². The first kappa shape index (κ1) is 14.5. The maximum Gasteiger partial charge on any atom is 0.0810 e. The fraction of sp³-hybridized carbons (Fsp3) is 0.647. The molecule has 2 unspecified atom stereocenters. The fourth-order valence-corrected chi connectivity index (χ4v) is 2.86. The van der Waals surface area contributed by atoms with Crippen molar-refractivity contribution in [3.05, 3.63) is 35.4 Å². The number of rotatable bonds is 6. The minimum Gasteiger partial charge on any atom is -0.374 e. The van der Waals surface area contributed by atoms with Crippen LogP contribution in [0.4, 0.5) is 0 Å². The van der Waals surface area contributed by atoms with Gasteiger partial charge in [0.1, 0.15) is 0 Å². The highest BCUT2D eigenvalue weighted by Gasteiger charge is 2.37. The Bertz CT molecular complexity index is 379. The molecular formula is C17H27NO. The molecule has 1 aliphatic rings. The molecule has 2 nitrogen and oxygen atoms in total. The third-order valence-electron chi connectivity index (χ3n) is 4.19. The van der Waals surface area contributed by atoms with Crippen molar-refractivity contribution in [2.75, 3.05) is 13.2 Å². The summed E-state index contributed by atoms with van der Waals surface area (Å²) in [5, 5.41) is 3.69. The third kappa shape index (κ3) is 3.80. The van der Waals surface area contributed by atoms with Crippen LogP contribution < -0.4 is 5.32 Å². The largest absolute Gasteiger partial charge is 0.374 e. The first-order valence-electron chi connectivity index (χ1n) is 7.57. The molecule has 0 radical (unpaired) electrons. The summed E-state index contributed by atoms with van der Waals surface area (Å²) in [5.74, 6) is 0. The van der Waals surface area contributed by atoms with Crippen molar-refractivity contribution >= 4 is 0 Å². The van der Waals surface area contributed by atoms with Crippen LogP contribution in [-0.2, 0) is 11.2 Å². The van der Waals surface area contributed by atoms with Crippen LogP contribution in [0.1, 0.15) is 44.2 Å². The summed E-state index contributed by atoms with van der Waals surface area (Å²) >= 11 is 0. The van der Waals surface area contributed by atoms with Gasteiger partial charge in [0.05, 0.1) is 5.60 Å². The normalized spacial score (nSPS) is 24.6. The molecule has 2 heteroatoms. The van der Waals surface area contributed by atoms with Gasteiger partial charge in [-0.1, -0.05) is 36.8 Å². The average molecular weight is 261 g/mol. The van der Waals surface area contributed by atoms with Gasteiger partial charge in [0.2, 0.25) is 0 Å². The molecule has 2 rings (SSSR count). The molecule has 0 spiro atoms. The fourth-order valence-electron chi connectivity index (χ4n) is 2.86. The molecule has 1 N–H and O–H groups in total. The molecule has 1 aromatic carbocycles. The Morgan fingerprint density at radius 1 is 1.32 bits per heavy atom. The van der Waals surface area contributed by atoms with Crippen LogP contribution in [0.25, 0.3) is 0 Å². The van der Waals surface area contributed by atoms with Crippen molar-refractivity contribution in [3.63, 3.8) is 0 Å². The molecule has 0 aromatic heterocycles.